The Morgan fingerprint density at radius 2 is 2.25 bits per heavy atom. The number of hydrogen-bond acceptors (Lipinski definition) is 5. The second-order valence-corrected chi connectivity index (χ2v) is 5.95. The van der Waals surface area contributed by atoms with Crippen LogP contribution < -0.4 is 10.2 Å². The number of nitrogens with one attached hydrogen (secondary N) is 1. The van der Waals surface area contributed by atoms with E-state index in [0.29, 0.717) is 36.5 Å². The summed E-state index contributed by atoms with van der Waals surface area (Å²) in [7, 11) is 0. The number of carbonyl (C=O) groups excluding carboxylic acids is 2. The Balaban J connectivity index is 1.97. The fourth-order valence-electron chi connectivity index (χ4n) is 3.06. The van der Waals surface area contributed by atoms with Gasteiger partial charge in [-0.05, 0) is 24.6 Å². The fourth-order valence-corrected chi connectivity index (χ4v) is 3.06. The lowest BCUT2D eigenvalue weighted by Crippen LogP contribution is -2.39. The molecule has 0 aromatic heterocycles. The molecule has 128 valence electrons. The van der Waals surface area contributed by atoms with E-state index in [4.69, 9.17) is 9.84 Å². The summed E-state index contributed by atoms with van der Waals surface area (Å²) >= 11 is 0. The third kappa shape index (κ3) is 2.55. The van der Waals surface area contributed by atoms with Gasteiger partial charge in [0.1, 0.15) is 6.61 Å². The Morgan fingerprint density at radius 3 is 2.92 bits per heavy atom. The quantitative estimate of drug-likeness (QED) is 0.707. The molecule has 0 spiro atoms. The van der Waals surface area contributed by atoms with Gasteiger partial charge in [-0.15, -0.1) is 0 Å². The van der Waals surface area contributed by atoms with Crippen molar-refractivity contribution >= 4 is 23.4 Å². The van der Waals surface area contributed by atoms with Gasteiger partial charge in [-0.1, -0.05) is 19.1 Å². The van der Waals surface area contributed by atoms with E-state index in [1.807, 2.05) is 0 Å². The standard InChI is InChI=1S/C17H20N2O5/c1-11(4-2-3-8-20)17(23)13-10-12(19-7-9-24-16(19)22)5-6-14(13)18-15(17)21/h2,4-6,10-11,20,23H,3,7-9H2,1H3,(H,18,21)/b4-2+/t11-,17+/m0/s1. The second-order valence-electron chi connectivity index (χ2n) is 5.95. The molecular weight excluding hydrogens is 312 g/mol. The zero-order valence-electron chi connectivity index (χ0n) is 13.4. The molecule has 3 rings (SSSR count). The van der Waals surface area contributed by atoms with Gasteiger partial charge in [-0.3, -0.25) is 9.69 Å². The molecule has 24 heavy (non-hydrogen) atoms. The van der Waals surface area contributed by atoms with Gasteiger partial charge in [0, 0.05) is 29.5 Å². The Hall–Kier alpha value is -2.38. The lowest BCUT2D eigenvalue weighted by atomic mass is 9.82. The molecule has 1 aromatic rings. The van der Waals surface area contributed by atoms with Gasteiger partial charge < -0.3 is 20.3 Å². The Morgan fingerprint density at radius 1 is 1.46 bits per heavy atom. The number of nitrogens with zero attached hydrogens (tertiary/aromatic N) is 1. The number of anilines is 2. The van der Waals surface area contributed by atoms with Crippen molar-refractivity contribution in [1.82, 2.24) is 0 Å². The van der Waals surface area contributed by atoms with Crippen LogP contribution >= 0.6 is 0 Å². The van der Waals surface area contributed by atoms with Gasteiger partial charge in [0.05, 0.1) is 6.54 Å². The highest BCUT2D eigenvalue weighted by Crippen LogP contribution is 2.43. The molecule has 1 aromatic carbocycles. The number of rotatable bonds is 5. The molecule has 2 heterocycles. The smallest absolute Gasteiger partial charge is 0.414 e. The number of hydrogen-bond donors (Lipinski definition) is 3. The molecule has 0 radical (unpaired) electrons. The van der Waals surface area contributed by atoms with Crippen LogP contribution in [0.2, 0.25) is 0 Å². The molecule has 1 fully saturated rings. The molecule has 0 unspecified atom stereocenters. The third-order valence-corrected chi connectivity index (χ3v) is 4.46. The minimum atomic E-state index is -1.72. The highest BCUT2D eigenvalue weighted by molar-refractivity contribution is 6.06. The van der Waals surface area contributed by atoms with E-state index in [1.54, 1.807) is 37.3 Å². The first-order valence-corrected chi connectivity index (χ1v) is 7.88. The normalized spacial score (nSPS) is 24.2. The van der Waals surface area contributed by atoms with Crippen LogP contribution in [0.3, 0.4) is 0 Å². The topological polar surface area (TPSA) is 99.1 Å². The highest BCUT2D eigenvalue weighted by atomic mass is 16.6. The first-order chi connectivity index (χ1) is 11.5. The summed E-state index contributed by atoms with van der Waals surface area (Å²) in [5.74, 6) is -0.995. The van der Waals surface area contributed by atoms with E-state index in [1.165, 1.54) is 4.90 Å². The summed E-state index contributed by atoms with van der Waals surface area (Å²) in [6, 6.07) is 5.04. The molecule has 7 heteroatoms. The number of ether oxygens (including phenoxy) is 1. The van der Waals surface area contributed by atoms with Crippen LogP contribution in [0, 0.1) is 5.92 Å². The molecular formula is C17H20N2O5. The lowest BCUT2D eigenvalue weighted by Gasteiger charge is -2.26. The van der Waals surface area contributed by atoms with Crippen LogP contribution in [0.4, 0.5) is 16.2 Å². The summed E-state index contributed by atoms with van der Waals surface area (Å²) in [6.45, 7) is 2.49. The second kappa shape index (κ2) is 6.26. The Bertz CT molecular complexity index is 702. The fraction of sp³-hybridized carbons (Fsp3) is 0.412. The molecule has 0 aliphatic carbocycles. The lowest BCUT2D eigenvalue weighted by molar-refractivity contribution is -0.137. The van der Waals surface area contributed by atoms with Crippen LogP contribution in [0.15, 0.2) is 30.4 Å². The highest BCUT2D eigenvalue weighted by Gasteiger charge is 2.49. The average molecular weight is 332 g/mol. The van der Waals surface area contributed by atoms with Crippen LogP contribution in [-0.4, -0.2) is 42.0 Å². The van der Waals surface area contributed by atoms with Gasteiger partial charge in [0.2, 0.25) is 0 Å². The number of benzene rings is 1. The Kier molecular flexibility index (Phi) is 4.29. The van der Waals surface area contributed by atoms with Crippen LogP contribution in [-0.2, 0) is 15.1 Å². The molecule has 0 saturated carbocycles. The molecule has 2 aliphatic rings. The van der Waals surface area contributed by atoms with Crippen molar-refractivity contribution in [3.05, 3.63) is 35.9 Å². The summed E-state index contributed by atoms with van der Waals surface area (Å²) < 4.78 is 4.93. The van der Waals surface area contributed by atoms with Crippen molar-refractivity contribution in [2.24, 2.45) is 5.92 Å². The first-order valence-electron chi connectivity index (χ1n) is 7.88. The van der Waals surface area contributed by atoms with Crippen molar-refractivity contribution < 1.29 is 24.5 Å². The number of amides is 2. The predicted molar refractivity (Wildman–Crippen MR) is 87.7 cm³/mol. The van der Waals surface area contributed by atoms with E-state index in [2.05, 4.69) is 5.32 Å². The van der Waals surface area contributed by atoms with Crippen molar-refractivity contribution in [1.29, 1.82) is 0 Å². The minimum Gasteiger partial charge on any atom is -0.447 e. The maximum Gasteiger partial charge on any atom is 0.414 e. The van der Waals surface area contributed by atoms with Crippen molar-refractivity contribution in [3.8, 4) is 0 Å². The summed E-state index contributed by atoms with van der Waals surface area (Å²) in [6.07, 6.45) is 3.46. The zero-order chi connectivity index (χ0) is 17.3. The maximum absolute atomic E-state index is 12.4. The summed E-state index contributed by atoms with van der Waals surface area (Å²) in [4.78, 5) is 25.6. The van der Waals surface area contributed by atoms with E-state index in [9.17, 15) is 14.7 Å². The number of cyclic esters (lactones) is 1. The van der Waals surface area contributed by atoms with Gasteiger partial charge in [0.15, 0.2) is 5.60 Å². The van der Waals surface area contributed by atoms with E-state index in [-0.39, 0.29) is 6.61 Å². The number of fused-ring (bicyclic) bond motifs is 1. The molecule has 0 bridgehead atoms. The zero-order valence-corrected chi connectivity index (χ0v) is 13.4. The average Bonchev–Trinajstić information content (AvgIpc) is 3.10. The monoisotopic (exact) mass is 332 g/mol. The molecule has 3 N–H and O–H groups in total. The SMILES string of the molecule is C[C@@H](/C=C/CCO)[C@]1(O)C(=O)Nc2ccc(N3CCOC3=O)cc21. The molecule has 7 nitrogen and oxygen atoms in total. The van der Waals surface area contributed by atoms with E-state index >= 15 is 0 Å². The molecule has 2 aliphatic heterocycles. The number of carbonyl (C=O) groups is 2. The molecule has 2 amide bonds. The third-order valence-electron chi connectivity index (χ3n) is 4.46. The van der Waals surface area contributed by atoms with E-state index in [0.717, 1.165) is 0 Å². The Labute approximate surface area is 139 Å². The largest absolute Gasteiger partial charge is 0.447 e. The van der Waals surface area contributed by atoms with Crippen molar-refractivity contribution in [3.63, 3.8) is 0 Å². The number of aliphatic hydroxyl groups excluding tert-OH is 1. The van der Waals surface area contributed by atoms with Crippen molar-refractivity contribution in [2.75, 3.05) is 30.0 Å². The summed E-state index contributed by atoms with van der Waals surface area (Å²) in [5, 5.41) is 22.6. The number of aliphatic hydroxyl groups is 2. The predicted octanol–water partition coefficient (Wildman–Crippen LogP) is 1.36. The van der Waals surface area contributed by atoms with Gasteiger partial charge >= 0.3 is 6.09 Å². The minimum absolute atomic E-state index is 0.00561. The molecule has 2 atom stereocenters. The molecule has 1 saturated heterocycles. The first kappa shape index (κ1) is 16.5. The van der Waals surface area contributed by atoms with Crippen LogP contribution in [0.1, 0.15) is 18.9 Å². The van der Waals surface area contributed by atoms with Gasteiger partial charge in [-0.25, -0.2) is 4.79 Å². The van der Waals surface area contributed by atoms with Crippen LogP contribution in [0.5, 0.6) is 0 Å². The van der Waals surface area contributed by atoms with Crippen LogP contribution in [0.25, 0.3) is 0 Å². The van der Waals surface area contributed by atoms with Gasteiger partial charge in [-0.2, -0.15) is 0 Å². The van der Waals surface area contributed by atoms with Crippen molar-refractivity contribution in [2.45, 2.75) is 18.9 Å². The van der Waals surface area contributed by atoms with Gasteiger partial charge in [0.25, 0.3) is 5.91 Å². The van der Waals surface area contributed by atoms with E-state index < -0.39 is 23.5 Å². The summed E-state index contributed by atoms with van der Waals surface area (Å²) in [5.41, 5.74) is -0.175. The maximum atomic E-state index is 12.4.